The topological polar surface area (TPSA) is 208 Å². The standard InChI is InChI=1S/C26H28N6O8S/c27-22-19-23(30-13-29-22)32(24-21(36)20(35)18(11-33)40-24)26(31-19)41-8-2-7-38-17-5-4-15(9-16(17)34)25(37)39-12-14-3-1-6-28-10-14/h1,3-6,9-10,13,18,20-21,24,33-36H,2,7-8,11-12H2,(H2,27,29,30)/t18-,20-,21-,24-/m1/s1. The third-order valence-electron chi connectivity index (χ3n) is 6.31. The van der Waals surface area contributed by atoms with Gasteiger partial charge in [-0.3, -0.25) is 9.55 Å². The van der Waals surface area contributed by atoms with Crippen LogP contribution >= 0.6 is 11.8 Å². The highest BCUT2D eigenvalue weighted by Crippen LogP contribution is 2.36. The maximum Gasteiger partial charge on any atom is 0.338 e. The number of aliphatic hydroxyl groups is 3. The number of nitrogens with two attached hydrogens (primary N) is 1. The van der Waals surface area contributed by atoms with E-state index in [9.17, 15) is 25.2 Å². The number of imidazole rings is 1. The minimum absolute atomic E-state index is 0.0603. The highest BCUT2D eigenvalue weighted by Gasteiger charge is 2.45. The molecule has 0 aliphatic carbocycles. The van der Waals surface area contributed by atoms with E-state index in [1.807, 2.05) is 0 Å². The van der Waals surface area contributed by atoms with Gasteiger partial charge >= 0.3 is 5.97 Å². The number of aromatic nitrogens is 5. The number of esters is 1. The Hall–Kier alpha value is -4.02. The highest BCUT2D eigenvalue weighted by molar-refractivity contribution is 7.99. The Morgan fingerprint density at radius 1 is 1.20 bits per heavy atom. The molecule has 1 saturated heterocycles. The Bertz CT molecular complexity index is 1510. The van der Waals surface area contributed by atoms with Gasteiger partial charge in [0, 0.05) is 23.7 Å². The minimum Gasteiger partial charge on any atom is -0.504 e. The summed E-state index contributed by atoms with van der Waals surface area (Å²) in [6, 6.07) is 7.81. The molecule has 4 aromatic rings. The lowest BCUT2D eigenvalue weighted by atomic mass is 10.1. The van der Waals surface area contributed by atoms with E-state index in [4.69, 9.17) is 19.9 Å². The number of phenolic OH excluding ortho intramolecular Hbond substituents is 1. The fourth-order valence-electron chi connectivity index (χ4n) is 4.22. The predicted octanol–water partition coefficient (Wildman–Crippen LogP) is 1.04. The zero-order valence-corrected chi connectivity index (χ0v) is 22.4. The maximum absolute atomic E-state index is 12.3. The van der Waals surface area contributed by atoms with Crippen LogP contribution in [0.5, 0.6) is 11.5 Å². The largest absolute Gasteiger partial charge is 0.504 e. The Labute approximate surface area is 237 Å². The first-order valence-corrected chi connectivity index (χ1v) is 13.6. The van der Waals surface area contributed by atoms with Gasteiger partial charge in [0.2, 0.25) is 0 Å². The summed E-state index contributed by atoms with van der Waals surface area (Å²) in [4.78, 5) is 29.0. The van der Waals surface area contributed by atoms with Crippen LogP contribution in [-0.4, -0.2) is 88.2 Å². The molecule has 5 rings (SSSR count). The van der Waals surface area contributed by atoms with Gasteiger partial charge in [-0.1, -0.05) is 17.8 Å². The van der Waals surface area contributed by atoms with Crippen molar-refractivity contribution in [3.8, 4) is 11.5 Å². The molecular weight excluding hydrogens is 556 g/mol. The lowest BCUT2D eigenvalue weighted by Gasteiger charge is -2.19. The molecule has 14 nitrogen and oxygen atoms in total. The van der Waals surface area contributed by atoms with Gasteiger partial charge in [-0.25, -0.2) is 19.7 Å². The zero-order chi connectivity index (χ0) is 28.9. The fraction of sp³-hybridized carbons (Fsp3) is 0.346. The molecule has 4 heterocycles. The summed E-state index contributed by atoms with van der Waals surface area (Å²) in [6.07, 6.45) is 0.363. The van der Waals surface area contributed by atoms with Crippen LogP contribution in [0.4, 0.5) is 5.82 Å². The number of hydrogen-bond acceptors (Lipinski definition) is 14. The van der Waals surface area contributed by atoms with Crippen molar-refractivity contribution in [3.05, 3.63) is 60.2 Å². The van der Waals surface area contributed by atoms with Crippen LogP contribution in [0, 0.1) is 0 Å². The summed E-state index contributed by atoms with van der Waals surface area (Å²) >= 11 is 1.31. The summed E-state index contributed by atoms with van der Waals surface area (Å²) in [7, 11) is 0. The first kappa shape index (κ1) is 28.5. The number of ether oxygens (including phenoxy) is 3. The van der Waals surface area contributed by atoms with E-state index < -0.39 is 37.1 Å². The molecule has 1 fully saturated rings. The van der Waals surface area contributed by atoms with Crippen molar-refractivity contribution in [1.82, 2.24) is 24.5 Å². The monoisotopic (exact) mass is 584 g/mol. The smallest absolute Gasteiger partial charge is 0.338 e. The van der Waals surface area contributed by atoms with Crippen molar-refractivity contribution >= 4 is 34.7 Å². The van der Waals surface area contributed by atoms with Crippen molar-refractivity contribution in [3.63, 3.8) is 0 Å². The molecule has 0 unspecified atom stereocenters. The van der Waals surface area contributed by atoms with E-state index in [2.05, 4.69) is 19.9 Å². The summed E-state index contributed by atoms with van der Waals surface area (Å²) < 4.78 is 18.2. The Morgan fingerprint density at radius 2 is 2.05 bits per heavy atom. The van der Waals surface area contributed by atoms with E-state index >= 15 is 0 Å². The second-order valence-electron chi connectivity index (χ2n) is 9.09. The number of aliphatic hydroxyl groups excluding tert-OH is 3. The van der Waals surface area contributed by atoms with Crippen molar-refractivity contribution in [2.24, 2.45) is 0 Å². The Kier molecular flexibility index (Phi) is 8.80. The number of carbonyl (C=O) groups is 1. The van der Waals surface area contributed by atoms with Crippen molar-refractivity contribution in [2.45, 2.75) is 42.7 Å². The average Bonchev–Trinajstić information content (AvgIpc) is 3.49. The van der Waals surface area contributed by atoms with Crippen LogP contribution < -0.4 is 10.5 Å². The molecule has 41 heavy (non-hydrogen) atoms. The molecule has 0 saturated carbocycles. The van der Waals surface area contributed by atoms with E-state index in [0.29, 0.717) is 28.5 Å². The van der Waals surface area contributed by atoms with Gasteiger partial charge in [0.15, 0.2) is 39.9 Å². The number of nitrogens with zero attached hydrogens (tertiary/aromatic N) is 5. The van der Waals surface area contributed by atoms with Crippen LogP contribution in [0.1, 0.15) is 28.6 Å². The first-order valence-electron chi connectivity index (χ1n) is 12.6. The third-order valence-corrected chi connectivity index (χ3v) is 7.35. The Balaban J connectivity index is 1.18. The van der Waals surface area contributed by atoms with E-state index in [1.54, 1.807) is 24.5 Å². The number of pyridine rings is 1. The number of hydrogen-bond donors (Lipinski definition) is 5. The molecule has 0 amide bonds. The third kappa shape index (κ3) is 6.18. The molecule has 4 atom stereocenters. The predicted molar refractivity (Wildman–Crippen MR) is 145 cm³/mol. The number of nitrogen functional groups attached to an aromatic ring is 1. The summed E-state index contributed by atoms with van der Waals surface area (Å²) in [5, 5.41) is 41.1. The fourth-order valence-corrected chi connectivity index (χ4v) is 5.15. The van der Waals surface area contributed by atoms with Gasteiger partial charge in [0.05, 0.1) is 18.8 Å². The van der Waals surface area contributed by atoms with E-state index in [-0.39, 0.29) is 36.1 Å². The molecule has 15 heteroatoms. The molecule has 0 bridgehead atoms. The van der Waals surface area contributed by atoms with Crippen LogP contribution in [0.3, 0.4) is 0 Å². The number of thioether (sulfide) groups is 1. The van der Waals surface area contributed by atoms with Gasteiger partial charge in [-0.2, -0.15) is 0 Å². The van der Waals surface area contributed by atoms with Gasteiger partial charge < -0.3 is 40.4 Å². The second-order valence-corrected chi connectivity index (χ2v) is 10.2. The number of rotatable bonds is 11. The number of carbonyl (C=O) groups excluding carboxylic acids is 1. The van der Waals surface area contributed by atoms with Crippen LogP contribution in [-0.2, 0) is 16.1 Å². The molecular formula is C26H28N6O8S. The van der Waals surface area contributed by atoms with Crippen molar-refractivity contribution in [1.29, 1.82) is 0 Å². The first-order chi connectivity index (χ1) is 19.9. The molecule has 216 valence electrons. The number of anilines is 1. The lowest BCUT2D eigenvalue weighted by molar-refractivity contribution is -0.0548. The van der Waals surface area contributed by atoms with Gasteiger partial charge in [0.25, 0.3) is 0 Å². The summed E-state index contributed by atoms with van der Waals surface area (Å²) in [5.74, 6) is 0.0691. The van der Waals surface area contributed by atoms with E-state index in [1.165, 1.54) is 40.9 Å². The SMILES string of the molecule is Nc1ncnc2c1nc(SCCCOc1ccc(C(=O)OCc3cccnc3)cc1O)n2[C@@H]1O[C@H](CO)[C@@H](O)[C@H]1O. The molecule has 6 N–H and O–H groups in total. The highest BCUT2D eigenvalue weighted by atomic mass is 32.2. The normalized spacial score (nSPS) is 20.4. The van der Waals surface area contributed by atoms with Crippen LogP contribution in [0.2, 0.25) is 0 Å². The number of phenols is 1. The Morgan fingerprint density at radius 3 is 2.78 bits per heavy atom. The number of fused-ring (bicyclic) bond motifs is 1. The second kappa shape index (κ2) is 12.7. The molecule has 3 aromatic heterocycles. The quantitative estimate of drug-likeness (QED) is 0.0948. The van der Waals surface area contributed by atoms with Crippen molar-refractivity contribution < 1.29 is 39.4 Å². The van der Waals surface area contributed by atoms with E-state index in [0.717, 1.165) is 5.56 Å². The molecule has 1 aliphatic rings. The van der Waals surface area contributed by atoms with Gasteiger partial charge in [-0.05, 0) is 30.7 Å². The van der Waals surface area contributed by atoms with Gasteiger partial charge in [0.1, 0.15) is 31.2 Å². The minimum atomic E-state index is -1.33. The van der Waals surface area contributed by atoms with Crippen LogP contribution in [0.15, 0.2) is 54.2 Å². The lowest BCUT2D eigenvalue weighted by Crippen LogP contribution is -2.33. The number of aromatic hydroxyl groups is 1. The summed E-state index contributed by atoms with van der Waals surface area (Å²) in [5.41, 5.74) is 7.53. The van der Waals surface area contributed by atoms with Gasteiger partial charge in [-0.15, -0.1) is 0 Å². The average molecular weight is 585 g/mol. The summed E-state index contributed by atoms with van der Waals surface area (Å²) in [6.45, 7) is -0.176. The molecule has 0 spiro atoms. The zero-order valence-electron chi connectivity index (χ0n) is 21.6. The maximum atomic E-state index is 12.3. The van der Waals surface area contributed by atoms with Crippen LogP contribution in [0.25, 0.3) is 11.2 Å². The molecule has 1 aliphatic heterocycles. The van der Waals surface area contributed by atoms with Crippen molar-refractivity contribution in [2.75, 3.05) is 24.7 Å². The number of benzene rings is 1. The molecule has 0 radical (unpaired) electrons. The molecule has 1 aromatic carbocycles.